The van der Waals surface area contributed by atoms with E-state index in [4.69, 9.17) is 0 Å². The fourth-order valence-electron chi connectivity index (χ4n) is 1.66. The molecule has 1 aromatic carbocycles. The zero-order valence-electron chi connectivity index (χ0n) is 8.97. The molecule has 0 radical (unpaired) electrons. The van der Waals surface area contributed by atoms with Gasteiger partial charge in [-0.1, -0.05) is 12.1 Å². The number of benzene rings is 1. The standard InChI is InChI=1S/C12H13IN2O/c1-15-11(6-7-14-15)12(16)8-9-2-4-10(13)5-3-9/h2-7,12,16H,8H2,1H3. The lowest BCUT2D eigenvalue weighted by molar-refractivity contribution is 0.168. The maximum Gasteiger partial charge on any atom is 0.0996 e. The number of halogens is 1. The molecular weight excluding hydrogens is 315 g/mol. The molecule has 0 saturated heterocycles. The van der Waals surface area contributed by atoms with Crippen LogP contribution in [0.15, 0.2) is 36.5 Å². The first-order valence-corrected chi connectivity index (χ1v) is 6.15. The molecule has 1 unspecified atom stereocenters. The number of aliphatic hydroxyl groups is 1. The van der Waals surface area contributed by atoms with Crippen LogP contribution < -0.4 is 0 Å². The van der Waals surface area contributed by atoms with Gasteiger partial charge < -0.3 is 5.11 Å². The molecule has 0 aliphatic heterocycles. The zero-order valence-corrected chi connectivity index (χ0v) is 11.1. The van der Waals surface area contributed by atoms with E-state index in [2.05, 4.69) is 27.7 Å². The van der Waals surface area contributed by atoms with Crippen LogP contribution in [-0.4, -0.2) is 14.9 Å². The normalized spacial score (nSPS) is 12.7. The van der Waals surface area contributed by atoms with Gasteiger partial charge in [0.15, 0.2) is 0 Å². The van der Waals surface area contributed by atoms with Crippen LogP contribution in [-0.2, 0) is 13.5 Å². The molecule has 0 aliphatic rings. The summed E-state index contributed by atoms with van der Waals surface area (Å²) in [5.74, 6) is 0. The van der Waals surface area contributed by atoms with Gasteiger partial charge in [0.05, 0.1) is 11.8 Å². The average Bonchev–Trinajstić information content (AvgIpc) is 2.68. The lowest BCUT2D eigenvalue weighted by atomic mass is 10.1. The van der Waals surface area contributed by atoms with E-state index in [0.29, 0.717) is 6.42 Å². The fraction of sp³-hybridized carbons (Fsp3) is 0.250. The third kappa shape index (κ3) is 2.62. The third-order valence-electron chi connectivity index (χ3n) is 2.54. The molecule has 0 spiro atoms. The van der Waals surface area contributed by atoms with E-state index in [9.17, 15) is 5.11 Å². The van der Waals surface area contributed by atoms with Crippen molar-refractivity contribution in [3.8, 4) is 0 Å². The van der Waals surface area contributed by atoms with Crippen molar-refractivity contribution in [2.75, 3.05) is 0 Å². The van der Waals surface area contributed by atoms with E-state index in [1.54, 1.807) is 10.9 Å². The second kappa shape index (κ2) is 4.97. The first kappa shape index (κ1) is 11.6. The molecule has 1 aromatic heterocycles. The van der Waals surface area contributed by atoms with Crippen LogP contribution in [0.1, 0.15) is 17.4 Å². The summed E-state index contributed by atoms with van der Waals surface area (Å²) in [6, 6.07) is 10.0. The first-order valence-electron chi connectivity index (χ1n) is 5.07. The minimum absolute atomic E-state index is 0.493. The minimum Gasteiger partial charge on any atom is -0.386 e. The Morgan fingerprint density at radius 3 is 2.56 bits per heavy atom. The lowest BCUT2D eigenvalue weighted by Gasteiger charge is -2.11. The Hall–Kier alpha value is -0.880. The van der Waals surface area contributed by atoms with Crippen LogP contribution in [0.2, 0.25) is 0 Å². The summed E-state index contributed by atoms with van der Waals surface area (Å²) in [4.78, 5) is 0. The van der Waals surface area contributed by atoms with Gasteiger partial charge in [-0.15, -0.1) is 0 Å². The highest BCUT2D eigenvalue weighted by Crippen LogP contribution is 2.18. The number of aromatic nitrogens is 2. The number of hydrogen-bond donors (Lipinski definition) is 1. The summed E-state index contributed by atoms with van der Waals surface area (Å²) in [6.45, 7) is 0. The fourth-order valence-corrected chi connectivity index (χ4v) is 2.02. The Balaban J connectivity index is 2.10. The van der Waals surface area contributed by atoms with Crippen molar-refractivity contribution in [2.24, 2.45) is 7.05 Å². The second-order valence-electron chi connectivity index (χ2n) is 3.73. The molecule has 2 aromatic rings. The Bertz CT molecular complexity index is 464. The minimum atomic E-state index is -0.493. The predicted molar refractivity (Wildman–Crippen MR) is 71.0 cm³/mol. The highest BCUT2D eigenvalue weighted by atomic mass is 127. The predicted octanol–water partition coefficient (Wildman–Crippen LogP) is 2.30. The molecule has 1 atom stereocenters. The zero-order chi connectivity index (χ0) is 11.5. The van der Waals surface area contributed by atoms with Crippen molar-refractivity contribution in [3.05, 3.63) is 51.4 Å². The van der Waals surface area contributed by atoms with Crippen molar-refractivity contribution in [3.63, 3.8) is 0 Å². The third-order valence-corrected chi connectivity index (χ3v) is 3.26. The molecule has 0 aliphatic carbocycles. The van der Waals surface area contributed by atoms with Gasteiger partial charge in [0.2, 0.25) is 0 Å². The topological polar surface area (TPSA) is 38.0 Å². The quantitative estimate of drug-likeness (QED) is 0.878. The summed E-state index contributed by atoms with van der Waals surface area (Å²) in [6.07, 6.45) is 1.83. The number of nitrogens with zero attached hydrogens (tertiary/aromatic N) is 2. The Morgan fingerprint density at radius 2 is 2.00 bits per heavy atom. The summed E-state index contributed by atoms with van der Waals surface area (Å²) in [5.41, 5.74) is 1.98. The van der Waals surface area contributed by atoms with Gasteiger partial charge in [-0.2, -0.15) is 5.10 Å². The van der Waals surface area contributed by atoms with E-state index in [-0.39, 0.29) is 0 Å². The molecule has 0 saturated carbocycles. The van der Waals surface area contributed by atoms with Crippen molar-refractivity contribution >= 4 is 22.6 Å². The van der Waals surface area contributed by atoms with Gasteiger partial charge in [0.1, 0.15) is 0 Å². The summed E-state index contributed by atoms with van der Waals surface area (Å²) < 4.78 is 2.91. The highest BCUT2D eigenvalue weighted by Gasteiger charge is 2.11. The molecule has 16 heavy (non-hydrogen) atoms. The average molecular weight is 328 g/mol. The van der Waals surface area contributed by atoms with Crippen molar-refractivity contribution in [2.45, 2.75) is 12.5 Å². The monoisotopic (exact) mass is 328 g/mol. The molecule has 2 rings (SSSR count). The molecule has 1 N–H and O–H groups in total. The van der Waals surface area contributed by atoms with E-state index < -0.39 is 6.10 Å². The van der Waals surface area contributed by atoms with Crippen molar-refractivity contribution < 1.29 is 5.11 Å². The van der Waals surface area contributed by atoms with E-state index in [1.807, 2.05) is 37.4 Å². The van der Waals surface area contributed by atoms with Crippen molar-refractivity contribution in [1.82, 2.24) is 9.78 Å². The van der Waals surface area contributed by atoms with Crippen molar-refractivity contribution in [1.29, 1.82) is 0 Å². The first-order chi connectivity index (χ1) is 7.66. The molecule has 84 valence electrons. The molecule has 3 nitrogen and oxygen atoms in total. The van der Waals surface area contributed by atoms with Crippen LogP contribution in [0, 0.1) is 3.57 Å². The summed E-state index contributed by atoms with van der Waals surface area (Å²) >= 11 is 2.27. The number of rotatable bonds is 3. The lowest BCUT2D eigenvalue weighted by Crippen LogP contribution is -2.07. The van der Waals surface area contributed by atoms with Gasteiger partial charge in [0.25, 0.3) is 0 Å². The molecular formula is C12H13IN2O. The Morgan fingerprint density at radius 1 is 1.31 bits per heavy atom. The largest absolute Gasteiger partial charge is 0.386 e. The summed E-state index contributed by atoms with van der Waals surface area (Å²) in [7, 11) is 1.84. The molecule has 0 bridgehead atoms. The number of aliphatic hydroxyl groups excluding tert-OH is 1. The maximum absolute atomic E-state index is 10.1. The smallest absolute Gasteiger partial charge is 0.0996 e. The van der Waals surface area contributed by atoms with Gasteiger partial charge in [-0.05, 0) is 46.4 Å². The number of hydrogen-bond acceptors (Lipinski definition) is 2. The van der Waals surface area contributed by atoms with Gasteiger partial charge in [-0.25, -0.2) is 0 Å². The summed E-state index contributed by atoms with van der Waals surface area (Å²) in [5, 5.41) is 14.1. The Labute approximate surface area is 108 Å². The molecule has 1 heterocycles. The van der Waals surface area contributed by atoms with Crippen LogP contribution >= 0.6 is 22.6 Å². The van der Waals surface area contributed by atoms with E-state index in [1.165, 1.54) is 3.57 Å². The molecule has 0 amide bonds. The maximum atomic E-state index is 10.1. The number of aryl methyl sites for hydroxylation is 1. The van der Waals surface area contributed by atoms with Gasteiger partial charge in [-0.3, -0.25) is 4.68 Å². The van der Waals surface area contributed by atoms with Gasteiger partial charge in [0, 0.05) is 23.2 Å². The van der Waals surface area contributed by atoms with Crippen LogP contribution in [0.3, 0.4) is 0 Å². The second-order valence-corrected chi connectivity index (χ2v) is 4.97. The highest BCUT2D eigenvalue weighted by molar-refractivity contribution is 14.1. The molecule has 0 fully saturated rings. The Kier molecular flexibility index (Phi) is 3.60. The van der Waals surface area contributed by atoms with E-state index >= 15 is 0 Å². The van der Waals surface area contributed by atoms with Crippen LogP contribution in [0.4, 0.5) is 0 Å². The van der Waals surface area contributed by atoms with E-state index in [0.717, 1.165) is 11.3 Å². The molecule has 4 heteroatoms. The van der Waals surface area contributed by atoms with Crippen LogP contribution in [0.5, 0.6) is 0 Å². The van der Waals surface area contributed by atoms with Gasteiger partial charge >= 0.3 is 0 Å². The SMILES string of the molecule is Cn1nccc1C(O)Cc1ccc(I)cc1. The van der Waals surface area contributed by atoms with Crippen LogP contribution in [0.25, 0.3) is 0 Å².